The van der Waals surface area contributed by atoms with Crippen LogP contribution in [-0.4, -0.2) is 19.7 Å². The molecule has 2 rings (SSSR count). The number of nitrogens with zero attached hydrogens (tertiary/aromatic N) is 4. The molecule has 0 radical (unpaired) electrons. The lowest BCUT2D eigenvalue weighted by Gasteiger charge is -2.09. The summed E-state index contributed by atoms with van der Waals surface area (Å²) in [5.41, 5.74) is 0. The second-order valence-electron chi connectivity index (χ2n) is 3.78. The molecule has 0 saturated heterocycles. The molecule has 0 aliphatic carbocycles. The first-order valence-corrected chi connectivity index (χ1v) is 5.03. The Labute approximate surface area is 89.0 Å². The quantitative estimate of drug-likeness (QED) is 0.749. The highest BCUT2D eigenvalue weighted by atomic mass is 15.3. The van der Waals surface area contributed by atoms with Gasteiger partial charge in [0.15, 0.2) is 0 Å². The summed E-state index contributed by atoms with van der Waals surface area (Å²) in [4.78, 5) is 4.31. The summed E-state index contributed by atoms with van der Waals surface area (Å²) in [5.74, 6) is 3.04. The minimum absolute atomic E-state index is 0.341. The Morgan fingerprint density at radius 3 is 2.60 bits per heavy atom. The van der Waals surface area contributed by atoms with E-state index < -0.39 is 0 Å². The van der Waals surface area contributed by atoms with Crippen molar-refractivity contribution < 1.29 is 0 Å². The lowest BCUT2D eigenvalue weighted by atomic mass is 10.2. The van der Waals surface area contributed by atoms with Crippen LogP contribution in [0.5, 0.6) is 0 Å². The highest BCUT2D eigenvalue weighted by Crippen LogP contribution is 2.16. The molecule has 0 aliphatic rings. The Morgan fingerprint density at radius 2 is 2.00 bits per heavy atom. The van der Waals surface area contributed by atoms with Crippen LogP contribution < -0.4 is 0 Å². The maximum Gasteiger partial charge on any atom is 0.141 e. The summed E-state index contributed by atoms with van der Waals surface area (Å²) >= 11 is 0. The van der Waals surface area contributed by atoms with E-state index in [0.29, 0.717) is 5.92 Å². The maximum atomic E-state index is 4.31. The molecule has 15 heavy (non-hydrogen) atoms. The van der Waals surface area contributed by atoms with Crippen LogP contribution >= 0.6 is 0 Å². The molecule has 0 spiro atoms. The second kappa shape index (κ2) is 3.81. The van der Waals surface area contributed by atoms with Gasteiger partial charge in [-0.15, -0.1) is 10.2 Å². The molecule has 0 bridgehead atoms. The zero-order valence-corrected chi connectivity index (χ0v) is 9.18. The van der Waals surface area contributed by atoms with Gasteiger partial charge in [0.25, 0.3) is 0 Å². The van der Waals surface area contributed by atoms with E-state index in [9.17, 15) is 0 Å². The van der Waals surface area contributed by atoms with E-state index in [1.54, 1.807) is 6.20 Å². The van der Waals surface area contributed by atoms with E-state index in [0.717, 1.165) is 17.5 Å². The molecule has 2 aromatic rings. The molecule has 0 amide bonds. The van der Waals surface area contributed by atoms with Crippen LogP contribution in [0.1, 0.15) is 31.4 Å². The molecule has 0 saturated carbocycles. The van der Waals surface area contributed by atoms with Crippen molar-refractivity contribution in [1.82, 2.24) is 19.7 Å². The number of hydrogen-bond acceptors (Lipinski definition) is 3. The van der Waals surface area contributed by atoms with Crippen molar-refractivity contribution in [2.24, 2.45) is 0 Å². The third-order valence-corrected chi connectivity index (χ3v) is 2.24. The van der Waals surface area contributed by atoms with Gasteiger partial charge in [-0.05, 0) is 19.1 Å². The molecule has 4 nitrogen and oxygen atoms in total. The fraction of sp³-hybridized carbons (Fsp3) is 0.364. The highest BCUT2D eigenvalue weighted by Gasteiger charge is 2.13. The molecule has 0 unspecified atom stereocenters. The van der Waals surface area contributed by atoms with Crippen LogP contribution in [0.15, 0.2) is 24.4 Å². The predicted octanol–water partition coefficient (Wildman–Crippen LogP) is 2.09. The van der Waals surface area contributed by atoms with E-state index in [2.05, 4.69) is 29.0 Å². The first kappa shape index (κ1) is 9.83. The standard InChI is InChI=1S/C11H14N4/c1-8(2)11-14-13-9(3)15(11)10-6-4-5-7-12-10/h4-8H,1-3H3. The zero-order chi connectivity index (χ0) is 10.8. The molecule has 2 aromatic heterocycles. The third-order valence-electron chi connectivity index (χ3n) is 2.24. The Bertz CT molecular complexity index is 445. The lowest BCUT2D eigenvalue weighted by Crippen LogP contribution is -2.06. The van der Waals surface area contributed by atoms with Gasteiger partial charge in [-0.3, -0.25) is 4.57 Å². The number of aromatic nitrogens is 4. The molecule has 4 heteroatoms. The van der Waals surface area contributed by atoms with E-state index in [1.165, 1.54) is 0 Å². The summed E-state index contributed by atoms with van der Waals surface area (Å²) < 4.78 is 1.99. The van der Waals surface area contributed by atoms with Gasteiger partial charge in [0, 0.05) is 12.1 Å². The van der Waals surface area contributed by atoms with Crippen LogP contribution in [0, 0.1) is 6.92 Å². The number of aryl methyl sites for hydroxylation is 1. The van der Waals surface area contributed by atoms with Crippen molar-refractivity contribution in [3.8, 4) is 5.82 Å². The highest BCUT2D eigenvalue weighted by molar-refractivity contribution is 5.26. The summed E-state index contributed by atoms with van der Waals surface area (Å²) in [6.07, 6.45) is 1.78. The van der Waals surface area contributed by atoms with E-state index >= 15 is 0 Å². The minimum atomic E-state index is 0.341. The number of pyridine rings is 1. The van der Waals surface area contributed by atoms with Crippen LogP contribution in [0.2, 0.25) is 0 Å². The van der Waals surface area contributed by atoms with Crippen molar-refractivity contribution in [2.75, 3.05) is 0 Å². The van der Waals surface area contributed by atoms with Crippen LogP contribution in [0.25, 0.3) is 5.82 Å². The molecule has 78 valence electrons. The molecule has 2 heterocycles. The van der Waals surface area contributed by atoms with Gasteiger partial charge in [0.1, 0.15) is 17.5 Å². The maximum absolute atomic E-state index is 4.31. The second-order valence-corrected chi connectivity index (χ2v) is 3.78. The van der Waals surface area contributed by atoms with Crippen molar-refractivity contribution >= 4 is 0 Å². The van der Waals surface area contributed by atoms with Crippen molar-refractivity contribution in [3.05, 3.63) is 36.0 Å². The van der Waals surface area contributed by atoms with Crippen molar-refractivity contribution in [3.63, 3.8) is 0 Å². The molecule has 0 aromatic carbocycles. The smallest absolute Gasteiger partial charge is 0.141 e. The molecule has 0 atom stereocenters. The van der Waals surface area contributed by atoms with E-state index in [-0.39, 0.29) is 0 Å². The fourth-order valence-electron chi connectivity index (χ4n) is 1.52. The molecular formula is C11H14N4. The lowest BCUT2D eigenvalue weighted by molar-refractivity contribution is 0.734. The van der Waals surface area contributed by atoms with Gasteiger partial charge in [0.05, 0.1) is 0 Å². The SMILES string of the molecule is Cc1nnc(C(C)C)n1-c1ccccn1. The van der Waals surface area contributed by atoms with Gasteiger partial charge < -0.3 is 0 Å². The third kappa shape index (κ3) is 1.75. The largest absolute Gasteiger partial charge is 0.267 e. The average molecular weight is 202 g/mol. The van der Waals surface area contributed by atoms with Gasteiger partial charge in [-0.1, -0.05) is 19.9 Å². The summed E-state index contributed by atoms with van der Waals surface area (Å²) in [5, 5.41) is 8.25. The van der Waals surface area contributed by atoms with Crippen LogP contribution in [-0.2, 0) is 0 Å². The van der Waals surface area contributed by atoms with Gasteiger partial charge in [-0.2, -0.15) is 0 Å². The predicted molar refractivity (Wildman–Crippen MR) is 58.0 cm³/mol. The van der Waals surface area contributed by atoms with Crippen LogP contribution in [0.3, 0.4) is 0 Å². The van der Waals surface area contributed by atoms with Gasteiger partial charge in [0.2, 0.25) is 0 Å². The van der Waals surface area contributed by atoms with Gasteiger partial charge in [-0.25, -0.2) is 4.98 Å². The molecule has 0 fully saturated rings. The summed E-state index contributed by atoms with van der Waals surface area (Å²) in [6.45, 7) is 6.14. The zero-order valence-electron chi connectivity index (χ0n) is 9.18. The molecule has 0 N–H and O–H groups in total. The Balaban J connectivity index is 2.57. The monoisotopic (exact) mass is 202 g/mol. The topological polar surface area (TPSA) is 43.6 Å². The van der Waals surface area contributed by atoms with Gasteiger partial charge >= 0.3 is 0 Å². The Hall–Kier alpha value is -1.71. The van der Waals surface area contributed by atoms with Crippen molar-refractivity contribution in [2.45, 2.75) is 26.7 Å². The van der Waals surface area contributed by atoms with Crippen LogP contribution in [0.4, 0.5) is 0 Å². The van der Waals surface area contributed by atoms with E-state index in [1.807, 2.05) is 29.7 Å². The Kier molecular flexibility index (Phi) is 2.49. The Morgan fingerprint density at radius 1 is 1.20 bits per heavy atom. The first-order chi connectivity index (χ1) is 7.20. The number of rotatable bonds is 2. The normalized spacial score (nSPS) is 10.9. The average Bonchev–Trinajstić information content (AvgIpc) is 2.61. The summed E-state index contributed by atoms with van der Waals surface area (Å²) in [7, 11) is 0. The summed E-state index contributed by atoms with van der Waals surface area (Å²) in [6, 6.07) is 5.83. The van der Waals surface area contributed by atoms with Crippen molar-refractivity contribution in [1.29, 1.82) is 0 Å². The fourth-order valence-corrected chi connectivity index (χ4v) is 1.52. The molecular weight excluding hydrogens is 188 g/mol. The number of hydrogen-bond donors (Lipinski definition) is 0. The first-order valence-electron chi connectivity index (χ1n) is 5.03. The molecule has 0 aliphatic heterocycles. The minimum Gasteiger partial charge on any atom is -0.267 e. The van der Waals surface area contributed by atoms with E-state index in [4.69, 9.17) is 0 Å².